The van der Waals surface area contributed by atoms with Crippen LogP contribution in [-0.2, 0) is 0 Å². The molecule has 0 aliphatic heterocycles. The molecule has 16 heavy (non-hydrogen) atoms. The van der Waals surface area contributed by atoms with Gasteiger partial charge in [0, 0.05) is 0 Å². The van der Waals surface area contributed by atoms with E-state index in [9.17, 15) is 0 Å². The van der Waals surface area contributed by atoms with Gasteiger partial charge in [-0.15, -0.1) is 0 Å². The minimum Gasteiger partial charge on any atom is -0.0845 e. The number of hydrogen-bond donors (Lipinski definition) is 0. The van der Waals surface area contributed by atoms with Gasteiger partial charge in [0.05, 0.1) is 0 Å². The van der Waals surface area contributed by atoms with Gasteiger partial charge in [-0.1, -0.05) is 87.4 Å². The molecule has 0 N–H and O–H groups in total. The molecule has 0 fully saturated rings. The summed E-state index contributed by atoms with van der Waals surface area (Å²) in [4.78, 5) is 0. The van der Waals surface area contributed by atoms with Crippen molar-refractivity contribution in [3.05, 3.63) is 61.3 Å². The Morgan fingerprint density at radius 1 is 0.750 bits per heavy atom. The molecule has 0 rings (SSSR count). The quantitative estimate of drug-likeness (QED) is 0.367. The van der Waals surface area contributed by atoms with Crippen LogP contribution in [0.3, 0.4) is 0 Å². The maximum atomic E-state index is 5.18. The summed E-state index contributed by atoms with van der Waals surface area (Å²) in [6.07, 6.45) is 24.1. The van der Waals surface area contributed by atoms with Crippen molar-refractivity contribution in [2.75, 3.05) is 0 Å². The highest BCUT2D eigenvalue weighted by molar-refractivity contribution is 5.16. The standard InChI is InChI=1S/C16H23/c1-3-5-7-9-11-13-15-16-14-12-10-8-6-4-2/h1,3,5,7,9,11,13-16H,4,6,8,10,12H2,2H3/b3-1?,7-5+,11-9+,15-13+,16-14+. The lowest BCUT2D eigenvalue weighted by atomic mass is 10.1. The lowest BCUT2D eigenvalue weighted by Gasteiger charge is -1.92. The second kappa shape index (κ2) is 13.7. The fourth-order valence-electron chi connectivity index (χ4n) is 1.25. The lowest BCUT2D eigenvalue weighted by molar-refractivity contribution is 0.674. The molecule has 0 aliphatic carbocycles. The van der Waals surface area contributed by atoms with Crippen molar-refractivity contribution in [3.8, 4) is 0 Å². The molecule has 0 saturated heterocycles. The van der Waals surface area contributed by atoms with E-state index in [4.69, 9.17) is 6.58 Å². The van der Waals surface area contributed by atoms with Gasteiger partial charge in [0.1, 0.15) is 0 Å². The van der Waals surface area contributed by atoms with Crippen molar-refractivity contribution in [2.45, 2.75) is 39.0 Å². The fraction of sp³-hybridized carbons (Fsp3) is 0.375. The third-order valence-electron chi connectivity index (χ3n) is 2.14. The first kappa shape index (κ1) is 14.7. The predicted octanol–water partition coefficient (Wildman–Crippen LogP) is 5.17. The van der Waals surface area contributed by atoms with Gasteiger partial charge in [-0.2, -0.15) is 0 Å². The molecule has 0 heterocycles. The molecule has 0 aromatic rings. The van der Waals surface area contributed by atoms with Crippen LogP contribution in [0.4, 0.5) is 0 Å². The predicted molar refractivity (Wildman–Crippen MR) is 74.2 cm³/mol. The van der Waals surface area contributed by atoms with Gasteiger partial charge in [0.25, 0.3) is 0 Å². The zero-order chi connectivity index (χ0) is 11.9. The Labute approximate surface area is 101 Å². The summed E-state index contributed by atoms with van der Waals surface area (Å²) in [5, 5.41) is 0. The van der Waals surface area contributed by atoms with Crippen molar-refractivity contribution in [1.29, 1.82) is 0 Å². The molecule has 87 valence electrons. The van der Waals surface area contributed by atoms with Crippen LogP contribution in [0.1, 0.15) is 39.0 Å². The fourth-order valence-corrected chi connectivity index (χ4v) is 1.25. The third kappa shape index (κ3) is 12.7. The molecule has 0 spiro atoms. The molecule has 0 nitrogen and oxygen atoms in total. The Morgan fingerprint density at radius 2 is 1.38 bits per heavy atom. The summed E-state index contributed by atoms with van der Waals surface area (Å²) in [7, 11) is 0. The zero-order valence-electron chi connectivity index (χ0n) is 10.3. The normalized spacial score (nSPS) is 12.6. The number of rotatable bonds is 9. The number of unbranched alkanes of at least 4 members (excludes halogenated alkanes) is 4. The maximum absolute atomic E-state index is 5.18. The Bertz CT molecular complexity index is 251. The van der Waals surface area contributed by atoms with E-state index >= 15 is 0 Å². The molecular weight excluding hydrogens is 192 g/mol. The van der Waals surface area contributed by atoms with E-state index in [1.165, 1.54) is 38.2 Å². The van der Waals surface area contributed by atoms with Gasteiger partial charge in [0.2, 0.25) is 0 Å². The molecular formula is C16H23. The smallest absolute Gasteiger partial charge is 0.0348 e. The Kier molecular flexibility index (Phi) is 12.6. The first-order valence-electron chi connectivity index (χ1n) is 6.12. The van der Waals surface area contributed by atoms with Gasteiger partial charge in [-0.3, -0.25) is 0 Å². The second-order valence-corrected chi connectivity index (χ2v) is 3.62. The molecule has 1 radical (unpaired) electrons. The summed E-state index contributed by atoms with van der Waals surface area (Å²) in [5.41, 5.74) is 0. The first-order valence-corrected chi connectivity index (χ1v) is 6.12. The van der Waals surface area contributed by atoms with Crippen LogP contribution < -0.4 is 0 Å². The average Bonchev–Trinajstić information content (AvgIpc) is 2.31. The van der Waals surface area contributed by atoms with E-state index in [2.05, 4.69) is 25.2 Å². The highest BCUT2D eigenvalue weighted by Crippen LogP contribution is 2.02. The Balaban J connectivity index is 3.44. The van der Waals surface area contributed by atoms with Crippen molar-refractivity contribution in [3.63, 3.8) is 0 Å². The van der Waals surface area contributed by atoms with Gasteiger partial charge in [-0.25, -0.2) is 0 Å². The van der Waals surface area contributed by atoms with Crippen molar-refractivity contribution >= 4 is 0 Å². The van der Waals surface area contributed by atoms with Crippen molar-refractivity contribution < 1.29 is 0 Å². The highest BCUT2D eigenvalue weighted by Gasteiger charge is 1.82. The molecule has 0 atom stereocenters. The SMILES string of the molecule is [CH]=C/C=C/C=C/C=C/C=C/CCCCCC. The third-order valence-corrected chi connectivity index (χ3v) is 2.14. The summed E-state index contributed by atoms with van der Waals surface area (Å²) in [6.45, 7) is 7.42. The molecule has 0 aliphatic rings. The van der Waals surface area contributed by atoms with E-state index in [1.807, 2.05) is 24.3 Å². The summed E-state index contributed by atoms with van der Waals surface area (Å²) in [5.74, 6) is 0. The summed E-state index contributed by atoms with van der Waals surface area (Å²) in [6, 6.07) is 0. The van der Waals surface area contributed by atoms with Gasteiger partial charge < -0.3 is 0 Å². The van der Waals surface area contributed by atoms with Crippen LogP contribution in [0.15, 0.2) is 54.7 Å². The minimum atomic E-state index is 1.19. The monoisotopic (exact) mass is 215 g/mol. The van der Waals surface area contributed by atoms with Crippen LogP contribution in [0.2, 0.25) is 0 Å². The summed E-state index contributed by atoms with van der Waals surface area (Å²) >= 11 is 0. The molecule has 0 amide bonds. The van der Waals surface area contributed by atoms with Crippen LogP contribution in [0.25, 0.3) is 0 Å². The summed E-state index contributed by atoms with van der Waals surface area (Å²) < 4.78 is 0. The minimum absolute atomic E-state index is 1.19. The Morgan fingerprint density at radius 3 is 2.00 bits per heavy atom. The molecule has 0 saturated carbocycles. The molecule has 0 aromatic carbocycles. The largest absolute Gasteiger partial charge is 0.0845 e. The van der Waals surface area contributed by atoms with Crippen molar-refractivity contribution in [1.82, 2.24) is 0 Å². The topological polar surface area (TPSA) is 0 Å². The molecule has 0 unspecified atom stereocenters. The first-order chi connectivity index (χ1) is 7.91. The van der Waals surface area contributed by atoms with Gasteiger partial charge >= 0.3 is 0 Å². The van der Waals surface area contributed by atoms with Gasteiger partial charge in [-0.05, 0) is 12.8 Å². The van der Waals surface area contributed by atoms with Crippen LogP contribution in [0, 0.1) is 6.58 Å². The van der Waals surface area contributed by atoms with E-state index in [0.29, 0.717) is 0 Å². The number of hydrogen-bond acceptors (Lipinski definition) is 0. The average molecular weight is 215 g/mol. The van der Waals surface area contributed by atoms with E-state index in [-0.39, 0.29) is 0 Å². The van der Waals surface area contributed by atoms with E-state index in [0.717, 1.165) is 0 Å². The van der Waals surface area contributed by atoms with Crippen molar-refractivity contribution in [2.24, 2.45) is 0 Å². The van der Waals surface area contributed by atoms with Crippen LogP contribution >= 0.6 is 0 Å². The molecule has 0 aromatic heterocycles. The zero-order valence-corrected chi connectivity index (χ0v) is 10.3. The van der Waals surface area contributed by atoms with E-state index < -0.39 is 0 Å². The highest BCUT2D eigenvalue weighted by atomic mass is 13.9. The molecule has 0 bridgehead atoms. The second-order valence-electron chi connectivity index (χ2n) is 3.62. The van der Waals surface area contributed by atoms with Gasteiger partial charge in [0.15, 0.2) is 0 Å². The molecule has 0 heteroatoms. The maximum Gasteiger partial charge on any atom is -0.0348 e. The van der Waals surface area contributed by atoms with E-state index in [1.54, 1.807) is 6.08 Å². The van der Waals surface area contributed by atoms with Crippen LogP contribution in [-0.4, -0.2) is 0 Å². The Hall–Kier alpha value is -1.30. The van der Waals surface area contributed by atoms with Crippen LogP contribution in [0.5, 0.6) is 0 Å². The lowest BCUT2D eigenvalue weighted by Crippen LogP contribution is -1.72. The number of allylic oxidation sites excluding steroid dienone is 9.